The van der Waals surface area contributed by atoms with Gasteiger partial charge >= 0.3 is 0 Å². The van der Waals surface area contributed by atoms with E-state index in [4.69, 9.17) is 39.5 Å². The molecule has 9 heteroatoms. The summed E-state index contributed by atoms with van der Waals surface area (Å²) >= 11 is 18.1. The molecule has 0 radical (unpaired) electrons. The Balaban J connectivity index is 1.78. The number of benzene rings is 2. The van der Waals surface area contributed by atoms with Crippen molar-refractivity contribution in [2.75, 3.05) is 27.2 Å². The van der Waals surface area contributed by atoms with Crippen molar-refractivity contribution in [3.8, 4) is 5.75 Å². The molecule has 0 aliphatic carbocycles. The van der Waals surface area contributed by atoms with Crippen molar-refractivity contribution >= 4 is 46.7 Å². The van der Waals surface area contributed by atoms with Gasteiger partial charge in [0.15, 0.2) is 11.7 Å². The molecule has 2 aromatic rings. The maximum atomic E-state index is 11.6. The fraction of sp³-hybridized carbons (Fsp3) is 0.263. The lowest BCUT2D eigenvalue weighted by molar-refractivity contribution is 0.0963. The van der Waals surface area contributed by atoms with Crippen LogP contribution in [0.5, 0.6) is 5.75 Å². The summed E-state index contributed by atoms with van der Waals surface area (Å²) in [5, 5.41) is 10.1. The second-order valence-corrected chi connectivity index (χ2v) is 6.93. The van der Waals surface area contributed by atoms with Crippen molar-refractivity contribution in [2.24, 2.45) is 4.99 Å². The molecule has 28 heavy (non-hydrogen) atoms. The molecule has 0 aliphatic heterocycles. The molecule has 2 aromatic carbocycles. The van der Waals surface area contributed by atoms with Crippen molar-refractivity contribution in [3.05, 3.63) is 62.6 Å². The monoisotopic (exact) mass is 442 g/mol. The first-order chi connectivity index (χ1) is 13.4. The largest absolute Gasteiger partial charge is 0.489 e. The molecular formula is C19H21Cl3N4O2. The van der Waals surface area contributed by atoms with E-state index in [9.17, 15) is 4.79 Å². The first kappa shape index (κ1) is 22.1. The summed E-state index contributed by atoms with van der Waals surface area (Å²) in [7, 11) is 3.28. The predicted octanol–water partition coefficient (Wildman–Crippen LogP) is 3.75. The maximum absolute atomic E-state index is 11.6. The number of hydrogen-bond acceptors (Lipinski definition) is 3. The second kappa shape index (κ2) is 11.0. The molecular weight excluding hydrogens is 423 g/mol. The Morgan fingerprint density at radius 1 is 1.07 bits per heavy atom. The SMILES string of the molecule is CN=C(NCCOc1c(Cl)cc(Cl)cc1Cl)NCc1ccc(C(=O)NC)cc1. The van der Waals surface area contributed by atoms with Crippen LogP contribution in [0.2, 0.25) is 15.1 Å². The van der Waals surface area contributed by atoms with Gasteiger partial charge in [-0.2, -0.15) is 0 Å². The number of amides is 1. The first-order valence-corrected chi connectivity index (χ1v) is 9.61. The molecule has 0 atom stereocenters. The summed E-state index contributed by atoms with van der Waals surface area (Å²) in [4.78, 5) is 15.7. The summed E-state index contributed by atoms with van der Waals surface area (Å²) < 4.78 is 5.62. The number of nitrogens with one attached hydrogen (secondary N) is 3. The van der Waals surface area contributed by atoms with Crippen LogP contribution in [-0.4, -0.2) is 39.1 Å². The molecule has 0 bridgehead atoms. The van der Waals surface area contributed by atoms with E-state index in [1.807, 2.05) is 12.1 Å². The van der Waals surface area contributed by atoms with E-state index >= 15 is 0 Å². The van der Waals surface area contributed by atoms with Crippen LogP contribution >= 0.6 is 34.8 Å². The van der Waals surface area contributed by atoms with Crippen molar-refractivity contribution in [1.82, 2.24) is 16.0 Å². The molecule has 150 valence electrons. The number of nitrogens with zero attached hydrogens (tertiary/aromatic N) is 1. The summed E-state index contributed by atoms with van der Waals surface area (Å²) in [5.41, 5.74) is 1.64. The van der Waals surface area contributed by atoms with E-state index < -0.39 is 0 Å². The van der Waals surface area contributed by atoms with Crippen LogP contribution < -0.4 is 20.7 Å². The van der Waals surface area contributed by atoms with E-state index in [0.717, 1.165) is 5.56 Å². The van der Waals surface area contributed by atoms with Gasteiger partial charge in [-0.05, 0) is 29.8 Å². The molecule has 0 spiro atoms. The molecule has 6 nitrogen and oxygen atoms in total. The lowest BCUT2D eigenvalue weighted by Crippen LogP contribution is -2.38. The average Bonchev–Trinajstić information content (AvgIpc) is 2.68. The minimum atomic E-state index is -0.113. The van der Waals surface area contributed by atoms with Crippen molar-refractivity contribution in [3.63, 3.8) is 0 Å². The highest BCUT2D eigenvalue weighted by atomic mass is 35.5. The van der Waals surface area contributed by atoms with Crippen LogP contribution in [0.4, 0.5) is 0 Å². The van der Waals surface area contributed by atoms with Gasteiger partial charge in [-0.25, -0.2) is 0 Å². The Bertz CT molecular complexity index is 819. The molecule has 0 heterocycles. The minimum Gasteiger partial charge on any atom is -0.489 e. The Morgan fingerprint density at radius 2 is 1.71 bits per heavy atom. The summed E-state index contributed by atoms with van der Waals surface area (Å²) in [5.74, 6) is 0.902. The average molecular weight is 444 g/mol. The number of ether oxygens (including phenoxy) is 1. The zero-order valence-corrected chi connectivity index (χ0v) is 17.8. The highest BCUT2D eigenvalue weighted by molar-refractivity contribution is 6.40. The molecule has 0 aromatic heterocycles. The van der Waals surface area contributed by atoms with E-state index in [0.29, 0.717) is 52.0 Å². The third-order valence-corrected chi connectivity index (χ3v) is 4.51. The Kier molecular flexibility index (Phi) is 8.70. The predicted molar refractivity (Wildman–Crippen MR) is 115 cm³/mol. The smallest absolute Gasteiger partial charge is 0.251 e. The molecule has 2 rings (SSSR count). The number of halogens is 3. The first-order valence-electron chi connectivity index (χ1n) is 8.47. The number of aliphatic imine (C=N–C) groups is 1. The Morgan fingerprint density at radius 3 is 2.29 bits per heavy atom. The summed E-state index contributed by atoms with van der Waals surface area (Å²) in [6.07, 6.45) is 0. The normalized spacial score (nSPS) is 11.1. The third-order valence-electron chi connectivity index (χ3n) is 3.73. The van der Waals surface area contributed by atoms with Gasteiger partial charge in [0, 0.05) is 31.2 Å². The highest BCUT2D eigenvalue weighted by Gasteiger charge is 2.09. The topological polar surface area (TPSA) is 74.8 Å². The fourth-order valence-corrected chi connectivity index (χ4v) is 3.24. The lowest BCUT2D eigenvalue weighted by atomic mass is 10.1. The van der Waals surface area contributed by atoms with E-state index in [1.54, 1.807) is 38.4 Å². The minimum absolute atomic E-state index is 0.113. The van der Waals surface area contributed by atoms with Crippen LogP contribution in [0.15, 0.2) is 41.4 Å². The molecule has 0 saturated heterocycles. The van der Waals surface area contributed by atoms with Crippen LogP contribution in [0.1, 0.15) is 15.9 Å². The van der Waals surface area contributed by atoms with Gasteiger partial charge in [0.1, 0.15) is 6.61 Å². The van der Waals surface area contributed by atoms with Gasteiger partial charge in [0.2, 0.25) is 0 Å². The van der Waals surface area contributed by atoms with Crippen molar-refractivity contribution in [2.45, 2.75) is 6.54 Å². The Labute approximate surface area is 179 Å². The number of rotatable bonds is 7. The van der Waals surface area contributed by atoms with Crippen LogP contribution in [0.25, 0.3) is 0 Å². The summed E-state index contributed by atoms with van der Waals surface area (Å²) in [6.45, 7) is 1.39. The molecule has 0 fully saturated rings. The zero-order valence-electron chi connectivity index (χ0n) is 15.5. The van der Waals surface area contributed by atoms with Crippen LogP contribution in [-0.2, 0) is 6.54 Å². The standard InChI is InChI=1S/C19H21Cl3N4O2/c1-23-18(27)13-5-3-12(4-6-13)11-26-19(24-2)25-7-8-28-17-15(21)9-14(20)10-16(17)22/h3-6,9-10H,7-8,11H2,1-2H3,(H,23,27)(H2,24,25,26). The van der Waals surface area contributed by atoms with Gasteiger partial charge in [-0.15, -0.1) is 0 Å². The van der Waals surface area contributed by atoms with Gasteiger partial charge in [0.25, 0.3) is 5.91 Å². The quantitative estimate of drug-likeness (QED) is 0.346. The van der Waals surface area contributed by atoms with Crippen molar-refractivity contribution in [1.29, 1.82) is 0 Å². The van der Waals surface area contributed by atoms with Gasteiger partial charge in [-0.1, -0.05) is 46.9 Å². The number of carbonyl (C=O) groups excluding carboxylic acids is 1. The second-order valence-electron chi connectivity index (χ2n) is 5.68. The third kappa shape index (κ3) is 6.48. The molecule has 0 unspecified atom stereocenters. The summed E-state index contributed by atoms with van der Waals surface area (Å²) in [6, 6.07) is 10.5. The zero-order chi connectivity index (χ0) is 20.5. The lowest BCUT2D eigenvalue weighted by Gasteiger charge is -2.14. The van der Waals surface area contributed by atoms with E-state index in [1.165, 1.54) is 0 Å². The number of guanidine groups is 1. The highest BCUT2D eigenvalue weighted by Crippen LogP contribution is 2.35. The van der Waals surface area contributed by atoms with Crippen LogP contribution in [0.3, 0.4) is 0 Å². The van der Waals surface area contributed by atoms with E-state index in [2.05, 4.69) is 20.9 Å². The van der Waals surface area contributed by atoms with Crippen LogP contribution in [0, 0.1) is 0 Å². The molecule has 0 saturated carbocycles. The van der Waals surface area contributed by atoms with E-state index in [-0.39, 0.29) is 5.91 Å². The Hall–Kier alpha value is -2.15. The number of hydrogen-bond donors (Lipinski definition) is 3. The van der Waals surface area contributed by atoms with Gasteiger partial charge in [0.05, 0.1) is 16.6 Å². The van der Waals surface area contributed by atoms with Gasteiger partial charge < -0.3 is 20.7 Å². The number of carbonyl (C=O) groups is 1. The fourth-order valence-electron chi connectivity index (χ4n) is 2.31. The molecule has 3 N–H and O–H groups in total. The van der Waals surface area contributed by atoms with Gasteiger partial charge in [-0.3, -0.25) is 9.79 Å². The molecule has 0 aliphatic rings. The maximum Gasteiger partial charge on any atom is 0.251 e. The molecule has 1 amide bonds. The van der Waals surface area contributed by atoms with Crippen molar-refractivity contribution < 1.29 is 9.53 Å².